The molecule has 50 heavy (non-hydrogen) atoms. The van der Waals surface area contributed by atoms with Crippen LogP contribution in [0.2, 0.25) is 0 Å². The second-order valence-corrected chi connectivity index (χ2v) is 9.34. The van der Waals surface area contributed by atoms with Gasteiger partial charge in [0.25, 0.3) is 0 Å². The second-order valence-electron chi connectivity index (χ2n) is 8.91. The van der Waals surface area contributed by atoms with Gasteiger partial charge in [-0.3, -0.25) is 19.2 Å². The van der Waals surface area contributed by atoms with Crippen molar-refractivity contribution in [1.29, 1.82) is 0 Å². The molecule has 2 heterocycles. The van der Waals surface area contributed by atoms with E-state index < -0.39 is 34.7 Å². The summed E-state index contributed by atoms with van der Waals surface area (Å²) in [5.41, 5.74) is 0.298. The Morgan fingerprint density at radius 3 is 1.80 bits per heavy atom. The van der Waals surface area contributed by atoms with Gasteiger partial charge in [-0.1, -0.05) is 29.7 Å². The molecule has 0 aliphatic carbocycles. The summed E-state index contributed by atoms with van der Waals surface area (Å²) in [5, 5.41) is 0.209. The van der Waals surface area contributed by atoms with Crippen LogP contribution in [0.4, 0.5) is 0 Å². The second kappa shape index (κ2) is 24.1. The molecule has 1 aromatic heterocycles. The fourth-order valence-corrected chi connectivity index (χ4v) is 4.11. The zero-order valence-electron chi connectivity index (χ0n) is 26.0. The van der Waals surface area contributed by atoms with Crippen molar-refractivity contribution in [2.45, 2.75) is 62.8 Å². The number of cyclic esters (lactones) is 2. The Morgan fingerprint density at radius 2 is 1.28 bits per heavy atom. The Labute approximate surface area is 297 Å². The van der Waals surface area contributed by atoms with Crippen molar-refractivity contribution in [2.75, 3.05) is 41.7 Å². The average molecular weight is 729 g/mol. The predicted molar refractivity (Wildman–Crippen MR) is 189 cm³/mol. The number of esters is 4. The van der Waals surface area contributed by atoms with Gasteiger partial charge >= 0.3 is 29.5 Å². The van der Waals surface area contributed by atoms with E-state index in [1.807, 2.05) is 0 Å². The first-order chi connectivity index (χ1) is 21.9. The molecule has 0 bridgehead atoms. The molecule has 0 atom stereocenters. The monoisotopic (exact) mass is 728 g/mol. The van der Waals surface area contributed by atoms with E-state index in [1.165, 1.54) is 28.4 Å². The maximum Gasteiger partial charge on any atom is 0.349 e. The van der Waals surface area contributed by atoms with Crippen LogP contribution in [0.1, 0.15) is 71.7 Å². The van der Waals surface area contributed by atoms with Gasteiger partial charge in [0.05, 0.1) is 48.1 Å². The van der Waals surface area contributed by atoms with Crippen LogP contribution in [-0.4, -0.2) is 70.8 Å². The minimum atomic E-state index is -0.687. The maximum absolute atomic E-state index is 12.1. The third kappa shape index (κ3) is 14.2. The first-order valence-corrected chi connectivity index (χ1v) is 14.0. The van der Waals surface area contributed by atoms with E-state index in [9.17, 15) is 28.8 Å². The van der Waals surface area contributed by atoms with Gasteiger partial charge in [0.2, 0.25) is 5.24 Å². The van der Waals surface area contributed by atoms with Gasteiger partial charge < -0.3 is 37.6 Å². The molecule has 15 heteroatoms. The quantitative estimate of drug-likeness (QED) is 0.101. The molecule has 14 nitrogen and oxygen atoms in total. The highest BCUT2D eigenvalue weighted by molar-refractivity contribution is 6.64. The lowest BCUT2D eigenvalue weighted by Gasteiger charge is -2.17. The minimum absolute atomic E-state index is 0. The maximum atomic E-state index is 12.1. The number of hydrogen-bond donors (Lipinski definition) is 0. The number of hydrogen-bond acceptors (Lipinski definition) is 14. The van der Waals surface area contributed by atoms with Crippen LogP contribution < -0.4 is 24.6 Å². The molecule has 0 saturated heterocycles. The van der Waals surface area contributed by atoms with E-state index in [2.05, 4.69) is 9.47 Å². The van der Waals surface area contributed by atoms with E-state index >= 15 is 0 Å². The third-order valence-electron chi connectivity index (χ3n) is 5.88. The van der Waals surface area contributed by atoms with E-state index in [0.29, 0.717) is 44.9 Å². The topological polar surface area (TPSA) is 180 Å². The number of fused-ring (bicyclic) bond motifs is 2. The van der Waals surface area contributed by atoms with Crippen LogP contribution in [0.5, 0.6) is 23.0 Å². The van der Waals surface area contributed by atoms with Crippen molar-refractivity contribution in [2.24, 2.45) is 0 Å². The Kier molecular flexibility index (Phi) is 23.7. The molecule has 2 aromatic carbocycles. The van der Waals surface area contributed by atoms with Crippen LogP contribution in [-0.2, 0) is 46.2 Å². The molecule has 0 fully saturated rings. The van der Waals surface area contributed by atoms with Gasteiger partial charge in [0.15, 0.2) is 0 Å². The normalized spacial score (nSPS) is 10.5. The fourth-order valence-electron chi connectivity index (χ4n) is 4.00. The molecule has 0 spiro atoms. The largest absolute Gasteiger partial charge is 0.497 e. The molecule has 0 amide bonds. The molecular weight excluding hydrogens is 680 g/mol. The highest BCUT2D eigenvalue weighted by Gasteiger charge is 2.29. The Hall–Kier alpha value is -5.11. The van der Waals surface area contributed by atoms with Gasteiger partial charge in [-0.05, 0) is 54.6 Å². The number of carbonyl (C=O) groups excluding carboxylic acids is 5. The molecule has 0 radical (unpaired) electrons. The number of rotatable bonds is 10. The SMILES string of the molecule is C.C.C.C.CCOC(=O)CC(=O)Cl.CCOC(=O)Cc1cc2cc(OC)cc(OC)c2c(=O)o1.COc1cc2c(c(OC)c1)C(=O)OC(=O)C2. The molecule has 1 aliphatic heterocycles. The zero-order valence-corrected chi connectivity index (χ0v) is 26.8. The molecular formula is C35H49ClO14. The Morgan fingerprint density at radius 1 is 0.740 bits per heavy atom. The predicted octanol–water partition coefficient (Wildman–Crippen LogP) is 6.11. The molecule has 3 aromatic rings. The summed E-state index contributed by atoms with van der Waals surface area (Å²) in [7, 11) is 5.93. The van der Waals surface area contributed by atoms with E-state index in [0.717, 1.165) is 0 Å². The van der Waals surface area contributed by atoms with Gasteiger partial charge in [0.1, 0.15) is 52.5 Å². The number of carbonyl (C=O) groups is 5. The lowest BCUT2D eigenvalue weighted by Crippen LogP contribution is -2.23. The minimum Gasteiger partial charge on any atom is -0.497 e. The van der Waals surface area contributed by atoms with Crippen molar-refractivity contribution in [3.63, 3.8) is 0 Å². The van der Waals surface area contributed by atoms with E-state index in [-0.39, 0.29) is 67.9 Å². The van der Waals surface area contributed by atoms with Crippen molar-refractivity contribution in [3.8, 4) is 23.0 Å². The Bertz CT molecular complexity index is 1640. The number of halogens is 1. The standard InChI is InChI=1S/C15H16O6.C11H10O5.C5H7ClO3.4CH4/c1-4-20-13(16)8-11-6-9-5-10(18-2)7-12(19-3)14(9)15(17)21-11;1-14-7-3-6-4-9(12)16-11(13)10(6)8(5-7)15-2;1-2-9-5(8)3-4(6)7;;;;/h5-7H,4,8H2,1-3H3;3,5H,4H2,1-2H3;2-3H2,1H3;4*1H4. The fraction of sp³-hybridized carbons (Fsp3) is 0.429. The lowest BCUT2D eigenvalue weighted by molar-refractivity contribution is -0.145. The molecule has 0 unspecified atom stereocenters. The lowest BCUT2D eigenvalue weighted by atomic mass is 10.0. The summed E-state index contributed by atoms with van der Waals surface area (Å²) < 4.78 is 39.4. The van der Waals surface area contributed by atoms with Crippen LogP contribution in [0.15, 0.2) is 39.5 Å². The zero-order chi connectivity index (χ0) is 34.4. The number of methoxy groups -OCH3 is 4. The van der Waals surface area contributed by atoms with Gasteiger partial charge in [-0.2, -0.15) is 0 Å². The summed E-state index contributed by atoms with van der Waals surface area (Å²) in [6.07, 6.45) is -0.386. The highest BCUT2D eigenvalue weighted by Crippen LogP contribution is 2.32. The first kappa shape index (κ1) is 49.3. The van der Waals surface area contributed by atoms with Crippen LogP contribution >= 0.6 is 11.6 Å². The summed E-state index contributed by atoms with van der Waals surface area (Å²) in [5.74, 6) is -0.218. The van der Waals surface area contributed by atoms with Gasteiger partial charge in [0, 0.05) is 12.1 Å². The molecule has 1 aliphatic rings. The third-order valence-corrected chi connectivity index (χ3v) is 6.01. The van der Waals surface area contributed by atoms with E-state index in [4.69, 9.17) is 39.7 Å². The van der Waals surface area contributed by atoms with Crippen LogP contribution in [0.3, 0.4) is 0 Å². The molecule has 0 saturated carbocycles. The van der Waals surface area contributed by atoms with Crippen molar-refractivity contribution in [3.05, 3.63) is 57.6 Å². The van der Waals surface area contributed by atoms with Gasteiger partial charge in [-0.15, -0.1) is 0 Å². The first-order valence-electron chi connectivity index (χ1n) is 13.6. The highest BCUT2D eigenvalue weighted by atomic mass is 35.5. The van der Waals surface area contributed by atoms with Gasteiger partial charge in [-0.25, -0.2) is 9.59 Å². The Balaban J connectivity index is -0.000000683. The summed E-state index contributed by atoms with van der Waals surface area (Å²) >= 11 is 4.87. The van der Waals surface area contributed by atoms with Crippen molar-refractivity contribution >= 4 is 51.5 Å². The van der Waals surface area contributed by atoms with Crippen LogP contribution in [0, 0.1) is 0 Å². The molecule has 0 N–H and O–H groups in total. The molecule has 4 rings (SSSR count). The average Bonchev–Trinajstić information content (AvgIpc) is 2.99. The van der Waals surface area contributed by atoms with Crippen LogP contribution in [0.25, 0.3) is 10.8 Å². The summed E-state index contributed by atoms with van der Waals surface area (Å²) in [6.45, 7) is 3.93. The number of benzene rings is 2. The summed E-state index contributed by atoms with van der Waals surface area (Å²) in [6, 6.07) is 8.11. The smallest absolute Gasteiger partial charge is 0.349 e. The van der Waals surface area contributed by atoms with E-state index in [1.54, 1.807) is 44.2 Å². The summed E-state index contributed by atoms with van der Waals surface area (Å²) in [4.78, 5) is 66.5. The molecule has 280 valence electrons. The van der Waals surface area contributed by atoms with Crippen molar-refractivity contribution < 1.29 is 61.5 Å². The number of ether oxygens (including phenoxy) is 7. The van der Waals surface area contributed by atoms with Crippen molar-refractivity contribution in [1.82, 2.24) is 0 Å².